The zero-order chi connectivity index (χ0) is 21.6. The van der Waals surface area contributed by atoms with E-state index in [2.05, 4.69) is 92.0 Å². The molecule has 28 heavy (non-hydrogen) atoms. The van der Waals surface area contributed by atoms with E-state index in [1.165, 1.54) is 0 Å². The Morgan fingerprint density at radius 1 is 0.571 bits per heavy atom. The summed E-state index contributed by atoms with van der Waals surface area (Å²) in [6.07, 6.45) is 16.3. The SMILES string of the molecule is CC(C)(C)[Si](C)(C)O[C@@H]1CC/C=C\CC/C=C/CC[C@H]1O[Si](C)(C)C(C)(C)C. The highest BCUT2D eigenvalue weighted by atomic mass is 28.4. The van der Waals surface area contributed by atoms with Gasteiger partial charge in [-0.1, -0.05) is 65.8 Å². The van der Waals surface area contributed by atoms with Crippen LogP contribution in [-0.2, 0) is 8.85 Å². The smallest absolute Gasteiger partial charge is 0.192 e. The van der Waals surface area contributed by atoms with Crippen molar-refractivity contribution in [3.05, 3.63) is 24.3 Å². The molecule has 0 aromatic rings. The molecule has 0 amide bonds. The van der Waals surface area contributed by atoms with Crippen LogP contribution in [0.3, 0.4) is 0 Å². The third-order valence-corrected chi connectivity index (χ3v) is 16.0. The summed E-state index contributed by atoms with van der Waals surface area (Å²) in [5, 5.41) is 0.432. The molecule has 1 aliphatic carbocycles. The summed E-state index contributed by atoms with van der Waals surface area (Å²) in [5.41, 5.74) is 0. The van der Waals surface area contributed by atoms with Crippen LogP contribution in [0.25, 0.3) is 0 Å². The van der Waals surface area contributed by atoms with Gasteiger partial charge >= 0.3 is 0 Å². The van der Waals surface area contributed by atoms with Crippen molar-refractivity contribution in [1.29, 1.82) is 0 Å². The lowest BCUT2D eigenvalue weighted by molar-refractivity contribution is 0.0264. The molecule has 0 saturated carbocycles. The first kappa shape index (κ1) is 25.9. The summed E-state index contributed by atoms with van der Waals surface area (Å²) in [4.78, 5) is 0. The van der Waals surface area contributed by atoms with Gasteiger partial charge in [-0.2, -0.15) is 0 Å². The van der Waals surface area contributed by atoms with Gasteiger partial charge in [-0.25, -0.2) is 0 Å². The summed E-state index contributed by atoms with van der Waals surface area (Å²) < 4.78 is 14.0. The summed E-state index contributed by atoms with van der Waals surface area (Å²) in [6, 6.07) is 0. The largest absolute Gasteiger partial charge is 0.411 e. The van der Waals surface area contributed by atoms with Crippen molar-refractivity contribution in [2.45, 2.75) is 129 Å². The molecule has 1 aliphatic rings. The minimum absolute atomic E-state index is 0.187. The van der Waals surface area contributed by atoms with Gasteiger partial charge in [0.15, 0.2) is 16.6 Å². The van der Waals surface area contributed by atoms with Crippen LogP contribution in [0.15, 0.2) is 24.3 Å². The molecule has 0 aromatic heterocycles. The van der Waals surface area contributed by atoms with E-state index in [9.17, 15) is 0 Å². The second-order valence-electron chi connectivity index (χ2n) is 11.5. The molecule has 2 atom stereocenters. The minimum atomic E-state index is -1.85. The van der Waals surface area contributed by atoms with Gasteiger partial charge in [0.1, 0.15) is 0 Å². The van der Waals surface area contributed by atoms with Gasteiger partial charge in [-0.05, 0) is 74.8 Å². The van der Waals surface area contributed by atoms with E-state index >= 15 is 0 Å². The summed E-state index contributed by atoms with van der Waals surface area (Å²) >= 11 is 0. The van der Waals surface area contributed by atoms with Crippen molar-refractivity contribution in [3.63, 3.8) is 0 Å². The molecule has 0 spiro atoms. The Balaban J connectivity index is 3.15. The molecule has 0 N–H and O–H groups in total. The maximum Gasteiger partial charge on any atom is 0.192 e. The van der Waals surface area contributed by atoms with E-state index in [0.29, 0.717) is 0 Å². The maximum atomic E-state index is 7.00. The molecule has 0 saturated heterocycles. The average molecular weight is 425 g/mol. The van der Waals surface area contributed by atoms with Crippen molar-refractivity contribution in [3.8, 4) is 0 Å². The van der Waals surface area contributed by atoms with Gasteiger partial charge in [0.05, 0.1) is 12.2 Å². The quantitative estimate of drug-likeness (QED) is 0.334. The average Bonchev–Trinajstić information content (AvgIpc) is 2.50. The molecule has 4 heteroatoms. The third-order valence-electron chi connectivity index (χ3n) is 6.99. The normalized spacial score (nSPS) is 26.2. The zero-order valence-electron chi connectivity index (χ0n) is 20.5. The third kappa shape index (κ3) is 7.93. The molecule has 0 bridgehead atoms. The first-order valence-corrected chi connectivity index (χ1v) is 17.1. The van der Waals surface area contributed by atoms with E-state index in [1.54, 1.807) is 0 Å². The summed E-state index contributed by atoms with van der Waals surface area (Å²) in [5.74, 6) is 0. The van der Waals surface area contributed by atoms with Crippen LogP contribution in [0.4, 0.5) is 0 Å². The zero-order valence-corrected chi connectivity index (χ0v) is 22.5. The fraction of sp³-hybridized carbons (Fsp3) is 0.833. The van der Waals surface area contributed by atoms with Crippen LogP contribution < -0.4 is 0 Å². The lowest BCUT2D eigenvalue weighted by Gasteiger charge is -2.45. The lowest BCUT2D eigenvalue weighted by atomic mass is 10.0. The van der Waals surface area contributed by atoms with Crippen molar-refractivity contribution in [2.24, 2.45) is 0 Å². The van der Waals surface area contributed by atoms with Gasteiger partial charge in [-0.3, -0.25) is 0 Å². The van der Waals surface area contributed by atoms with E-state index in [0.717, 1.165) is 38.5 Å². The molecular weight excluding hydrogens is 376 g/mol. The van der Waals surface area contributed by atoms with Gasteiger partial charge in [0, 0.05) is 0 Å². The molecule has 2 nitrogen and oxygen atoms in total. The summed E-state index contributed by atoms with van der Waals surface area (Å²) in [7, 11) is -3.70. The van der Waals surface area contributed by atoms with Crippen molar-refractivity contribution in [1.82, 2.24) is 0 Å². The van der Waals surface area contributed by atoms with Gasteiger partial charge in [0.2, 0.25) is 0 Å². The number of hydrogen-bond donors (Lipinski definition) is 0. The van der Waals surface area contributed by atoms with Crippen LogP contribution in [0, 0.1) is 0 Å². The molecule has 0 heterocycles. The van der Waals surface area contributed by atoms with Crippen LogP contribution in [0.5, 0.6) is 0 Å². The first-order chi connectivity index (χ1) is 12.7. The first-order valence-electron chi connectivity index (χ1n) is 11.3. The predicted octanol–water partition coefficient (Wildman–Crippen LogP) is 8.23. The Morgan fingerprint density at radius 2 is 0.857 bits per heavy atom. The molecule has 0 aliphatic heterocycles. The molecule has 0 fully saturated rings. The Kier molecular flexibility index (Phi) is 9.45. The highest BCUT2D eigenvalue weighted by Gasteiger charge is 2.44. The Morgan fingerprint density at radius 3 is 1.14 bits per heavy atom. The Labute approximate surface area is 178 Å². The molecule has 0 radical (unpaired) electrons. The number of hydrogen-bond acceptors (Lipinski definition) is 2. The molecular formula is C24H48O2Si2. The van der Waals surface area contributed by atoms with E-state index in [-0.39, 0.29) is 22.3 Å². The van der Waals surface area contributed by atoms with Crippen LogP contribution in [-0.4, -0.2) is 28.8 Å². The Bertz CT molecular complexity index is 474. The van der Waals surface area contributed by atoms with Crippen molar-refractivity contribution < 1.29 is 8.85 Å². The standard InChI is InChI=1S/C24H48O2Si2/c1-23(2,3)27(7,8)25-21-19-17-15-13-11-12-14-16-18-20-22(21)26-28(9,10)24(4,5)6/h13-16,21-22H,11-12,17-20H2,1-10H3/b15-13-,16-14+/t21-,22-/m1/s1. The lowest BCUT2D eigenvalue weighted by Crippen LogP contribution is -2.51. The van der Waals surface area contributed by atoms with Crippen LogP contribution in [0.2, 0.25) is 36.3 Å². The highest BCUT2D eigenvalue weighted by molar-refractivity contribution is 6.74. The van der Waals surface area contributed by atoms with Crippen molar-refractivity contribution >= 4 is 16.6 Å². The van der Waals surface area contributed by atoms with Gasteiger partial charge in [-0.15, -0.1) is 0 Å². The molecule has 164 valence electrons. The predicted molar refractivity (Wildman–Crippen MR) is 130 cm³/mol. The topological polar surface area (TPSA) is 18.5 Å². The molecule has 1 rings (SSSR count). The number of rotatable bonds is 4. The fourth-order valence-corrected chi connectivity index (χ4v) is 5.70. The van der Waals surface area contributed by atoms with Crippen LogP contribution >= 0.6 is 0 Å². The van der Waals surface area contributed by atoms with E-state index in [4.69, 9.17) is 8.85 Å². The fourth-order valence-electron chi connectivity index (χ4n) is 2.94. The monoisotopic (exact) mass is 424 g/mol. The van der Waals surface area contributed by atoms with Gasteiger partial charge < -0.3 is 8.85 Å². The van der Waals surface area contributed by atoms with Crippen molar-refractivity contribution in [2.75, 3.05) is 0 Å². The summed E-state index contributed by atoms with van der Waals surface area (Å²) in [6.45, 7) is 23.5. The van der Waals surface area contributed by atoms with E-state index in [1.807, 2.05) is 0 Å². The second-order valence-corrected chi connectivity index (χ2v) is 21.0. The van der Waals surface area contributed by atoms with Gasteiger partial charge in [0.25, 0.3) is 0 Å². The molecule has 0 aromatic carbocycles. The van der Waals surface area contributed by atoms with Crippen LogP contribution in [0.1, 0.15) is 80.1 Å². The highest BCUT2D eigenvalue weighted by Crippen LogP contribution is 2.41. The molecule has 0 unspecified atom stereocenters. The Hall–Kier alpha value is -0.166. The number of allylic oxidation sites excluding steroid dienone is 4. The maximum absolute atomic E-state index is 7.00. The van der Waals surface area contributed by atoms with E-state index < -0.39 is 16.6 Å². The minimum Gasteiger partial charge on any atom is -0.411 e. The second kappa shape index (κ2) is 10.2.